The summed E-state index contributed by atoms with van der Waals surface area (Å²) in [6.45, 7) is 4.33. The highest BCUT2D eigenvalue weighted by Crippen LogP contribution is 2.33. The monoisotopic (exact) mass is 152 g/mol. The Morgan fingerprint density at radius 1 is 1.73 bits per heavy atom. The molecule has 0 bridgehead atoms. The van der Waals surface area contributed by atoms with Crippen LogP contribution in [-0.4, -0.2) is 18.6 Å². The topological polar surface area (TPSA) is 38.0 Å². The van der Waals surface area contributed by atoms with Gasteiger partial charge in [-0.2, -0.15) is 0 Å². The predicted molar refractivity (Wildman–Crippen MR) is 46.3 cm³/mol. The van der Waals surface area contributed by atoms with Crippen LogP contribution in [0.25, 0.3) is 0 Å². The number of fused-ring (bicyclic) bond motifs is 1. The Morgan fingerprint density at radius 3 is 3.27 bits per heavy atom. The summed E-state index contributed by atoms with van der Waals surface area (Å²) >= 11 is 0. The van der Waals surface area contributed by atoms with E-state index in [0.29, 0.717) is 5.92 Å². The fraction of sp³-hybridized carbons (Fsp3) is 0.778. The third-order valence-corrected chi connectivity index (χ3v) is 3.01. The fourth-order valence-corrected chi connectivity index (χ4v) is 2.23. The zero-order valence-corrected chi connectivity index (χ0v) is 7.06. The number of rotatable bonds is 0. The van der Waals surface area contributed by atoms with Crippen molar-refractivity contribution in [1.29, 1.82) is 0 Å². The molecule has 2 nitrogen and oxygen atoms in total. The first-order valence-electron chi connectivity index (χ1n) is 4.39. The van der Waals surface area contributed by atoms with Crippen molar-refractivity contribution < 1.29 is 0 Å². The number of allylic oxidation sites excluding steroid dienone is 1. The van der Waals surface area contributed by atoms with Crippen LogP contribution < -0.4 is 11.1 Å². The normalized spacial score (nSPS) is 43.5. The van der Waals surface area contributed by atoms with Gasteiger partial charge in [0, 0.05) is 24.5 Å². The molecule has 0 aromatic carbocycles. The molecule has 1 heterocycles. The van der Waals surface area contributed by atoms with Crippen molar-refractivity contribution in [3.63, 3.8) is 0 Å². The molecular weight excluding hydrogens is 136 g/mol. The van der Waals surface area contributed by atoms with Crippen molar-refractivity contribution in [2.24, 2.45) is 11.7 Å². The standard InChI is InChI=1S/C9H16N2/c1-9(10)4-2-3-7-5-11-6-8(7)9/h3,8,11H,2,4-6,10H2,1H3. The fourth-order valence-electron chi connectivity index (χ4n) is 2.23. The zero-order chi connectivity index (χ0) is 7.90. The third kappa shape index (κ3) is 1.10. The third-order valence-electron chi connectivity index (χ3n) is 3.01. The largest absolute Gasteiger partial charge is 0.325 e. The average molecular weight is 152 g/mol. The van der Waals surface area contributed by atoms with Gasteiger partial charge < -0.3 is 11.1 Å². The second-order valence-electron chi connectivity index (χ2n) is 4.01. The van der Waals surface area contributed by atoms with E-state index in [1.165, 1.54) is 6.42 Å². The molecule has 62 valence electrons. The average Bonchev–Trinajstić information content (AvgIpc) is 2.34. The highest BCUT2D eigenvalue weighted by Gasteiger charge is 2.37. The first-order chi connectivity index (χ1) is 5.20. The van der Waals surface area contributed by atoms with Gasteiger partial charge in [0.15, 0.2) is 0 Å². The van der Waals surface area contributed by atoms with Crippen molar-refractivity contribution in [3.05, 3.63) is 11.6 Å². The smallest absolute Gasteiger partial charge is 0.0207 e. The van der Waals surface area contributed by atoms with Crippen LogP contribution in [0.3, 0.4) is 0 Å². The molecule has 0 radical (unpaired) electrons. The molecule has 2 rings (SSSR count). The lowest BCUT2D eigenvalue weighted by Gasteiger charge is -2.35. The quantitative estimate of drug-likeness (QED) is 0.500. The summed E-state index contributed by atoms with van der Waals surface area (Å²) in [7, 11) is 0. The van der Waals surface area contributed by atoms with Crippen LogP contribution in [0, 0.1) is 5.92 Å². The van der Waals surface area contributed by atoms with Crippen LogP contribution in [0.15, 0.2) is 11.6 Å². The molecular formula is C9H16N2. The Labute approximate surface area is 67.8 Å². The molecule has 2 heteroatoms. The second kappa shape index (κ2) is 2.32. The Balaban J connectivity index is 2.26. The molecule has 11 heavy (non-hydrogen) atoms. The van der Waals surface area contributed by atoms with Gasteiger partial charge >= 0.3 is 0 Å². The molecule has 2 aliphatic rings. The lowest BCUT2D eigenvalue weighted by atomic mass is 9.75. The maximum atomic E-state index is 6.18. The van der Waals surface area contributed by atoms with E-state index >= 15 is 0 Å². The Hall–Kier alpha value is -0.340. The number of hydrogen-bond donors (Lipinski definition) is 2. The van der Waals surface area contributed by atoms with Crippen molar-refractivity contribution in [1.82, 2.24) is 5.32 Å². The van der Waals surface area contributed by atoms with Gasteiger partial charge in [-0.15, -0.1) is 0 Å². The van der Waals surface area contributed by atoms with Crippen molar-refractivity contribution in [3.8, 4) is 0 Å². The molecule has 0 aromatic rings. The van der Waals surface area contributed by atoms with Crippen LogP contribution in [0.2, 0.25) is 0 Å². The number of nitrogens with one attached hydrogen (secondary N) is 1. The lowest BCUT2D eigenvalue weighted by Crippen LogP contribution is -2.47. The highest BCUT2D eigenvalue weighted by molar-refractivity contribution is 5.22. The van der Waals surface area contributed by atoms with E-state index in [4.69, 9.17) is 5.73 Å². The van der Waals surface area contributed by atoms with E-state index in [1.54, 1.807) is 5.57 Å². The van der Waals surface area contributed by atoms with Crippen LogP contribution in [0.4, 0.5) is 0 Å². The molecule has 2 atom stereocenters. The molecule has 0 spiro atoms. The molecule has 0 aromatic heterocycles. The van der Waals surface area contributed by atoms with Gasteiger partial charge in [-0.3, -0.25) is 0 Å². The summed E-state index contributed by atoms with van der Waals surface area (Å²) in [6.07, 6.45) is 4.67. The molecule has 3 N–H and O–H groups in total. The molecule has 2 unspecified atom stereocenters. The Morgan fingerprint density at radius 2 is 2.55 bits per heavy atom. The first kappa shape index (κ1) is 7.32. The SMILES string of the molecule is CC1(N)CCC=C2CNCC21. The molecule has 1 saturated heterocycles. The minimum absolute atomic E-state index is 0.0492. The molecule has 1 fully saturated rings. The molecule has 0 amide bonds. The summed E-state index contributed by atoms with van der Waals surface area (Å²) in [4.78, 5) is 0. The van der Waals surface area contributed by atoms with Crippen LogP contribution in [-0.2, 0) is 0 Å². The number of nitrogens with two attached hydrogens (primary N) is 1. The van der Waals surface area contributed by atoms with Crippen molar-refractivity contribution >= 4 is 0 Å². The molecule has 0 saturated carbocycles. The summed E-state index contributed by atoms with van der Waals surface area (Å²) in [5, 5.41) is 3.37. The zero-order valence-electron chi connectivity index (χ0n) is 7.06. The predicted octanol–water partition coefficient (Wildman–Crippen LogP) is 0.643. The van der Waals surface area contributed by atoms with Gasteiger partial charge in [0.1, 0.15) is 0 Å². The van der Waals surface area contributed by atoms with E-state index in [9.17, 15) is 0 Å². The van der Waals surface area contributed by atoms with Gasteiger partial charge in [-0.05, 0) is 19.8 Å². The van der Waals surface area contributed by atoms with E-state index in [1.807, 2.05) is 0 Å². The summed E-state index contributed by atoms with van der Waals surface area (Å²) in [6, 6.07) is 0. The van der Waals surface area contributed by atoms with E-state index in [-0.39, 0.29) is 5.54 Å². The van der Waals surface area contributed by atoms with E-state index in [2.05, 4.69) is 18.3 Å². The molecule has 1 aliphatic carbocycles. The highest BCUT2D eigenvalue weighted by atomic mass is 14.9. The Bertz CT molecular complexity index is 194. The van der Waals surface area contributed by atoms with Gasteiger partial charge in [0.05, 0.1) is 0 Å². The van der Waals surface area contributed by atoms with Crippen LogP contribution in [0.1, 0.15) is 19.8 Å². The van der Waals surface area contributed by atoms with Crippen LogP contribution >= 0.6 is 0 Å². The minimum Gasteiger partial charge on any atom is -0.325 e. The summed E-state index contributed by atoms with van der Waals surface area (Å²) in [5.74, 6) is 0.608. The summed E-state index contributed by atoms with van der Waals surface area (Å²) < 4.78 is 0. The van der Waals surface area contributed by atoms with Gasteiger partial charge in [0.2, 0.25) is 0 Å². The van der Waals surface area contributed by atoms with E-state index < -0.39 is 0 Å². The minimum atomic E-state index is 0.0492. The summed E-state index contributed by atoms with van der Waals surface area (Å²) in [5.41, 5.74) is 7.77. The Kier molecular flexibility index (Phi) is 1.55. The maximum absolute atomic E-state index is 6.18. The van der Waals surface area contributed by atoms with Crippen molar-refractivity contribution in [2.75, 3.05) is 13.1 Å². The molecule has 1 aliphatic heterocycles. The lowest BCUT2D eigenvalue weighted by molar-refractivity contribution is 0.318. The second-order valence-corrected chi connectivity index (χ2v) is 4.01. The van der Waals surface area contributed by atoms with Crippen LogP contribution in [0.5, 0.6) is 0 Å². The van der Waals surface area contributed by atoms with Gasteiger partial charge in [-0.1, -0.05) is 11.6 Å². The maximum Gasteiger partial charge on any atom is 0.0207 e. The number of hydrogen-bond acceptors (Lipinski definition) is 2. The van der Waals surface area contributed by atoms with Gasteiger partial charge in [0.25, 0.3) is 0 Å². The van der Waals surface area contributed by atoms with Crippen molar-refractivity contribution in [2.45, 2.75) is 25.3 Å². The first-order valence-corrected chi connectivity index (χ1v) is 4.39. The van der Waals surface area contributed by atoms with Gasteiger partial charge in [-0.25, -0.2) is 0 Å². The van der Waals surface area contributed by atoms with E-state index in [0.717, 1.165) is 19.5 Å².